The van der Waals surface area contributed by atoms with Crippen molar-refractivity contribution in [3.63, 3.8) is 0 Å². The average molecular weight is 304 g/mol. The summed E-state index contributed by atoms with van der Waals surface area (Å²) in [6, 6.07) is 3.46. The third-order valence-corrected chi connectivity index (χ3v) is 2.99. The molecule has 1 unspecified atom stereocenters. The lowest BCUT2D eigenvalue weighted by Gasteiger charge is -2.21. The van der Waals surface area contributed by atoms with Gasteiger partial charge in [-0.2, -0.15) is 13.2 Å². The normalized spacial score (nSPS) is 13.1. The summed E-state index contributed by atoms with van der Waals surface area (Å²) in [6.07, 6.45) is -4.42. The van der Waals surface area contributed by atoms with Crippen molar-refractivity contribution in [1.82, 2.24) is 5.32 Å². The summed E-state index contributed by atoms with van der Waals surface area (Å²) in [5.41, 5.74) is 4.84. The number of alkyl halides is 3. The van der Waals surface area contributed by atoms with Gasteiger partial charge in [-0.05, 0) is 30.2 Å². The Labute approximate surface area is 120 Å². The lowest BCUT2D eigenvalue weighted by Crippen LogP contribution is -2.46. The second-order valence-corrected chi connectivity index (χ2v) is 5.14. The van der Waals surface area contributed by atoms with E-state index in [2.05, 4.69) is 5.32 Å². The number of carbonyl (C=O) groups excluding carboxylic acids is 1. The predicted octanol–water partition coefficient (Wildman–Crippen LogP) is 2.75. The van der Waals surface area contributed by atoms with Crippen molar-refractivity contribution in [2.45, 2.75) is 26.1 Å². The van der Waals surface area contributed by atoms with E-state index >= 15 is 0 Å². The molecule has 0 heterocycles. The first kappa shape index (κ1) is 16.4. The smallest absolute Gasteiger partial charge is 0.392 e. The fourth-order valence-corrected chi connectivity index (χ4v) is 1.93. The van der Waals surface area contributed by atoms with Crippen molar-refractivity contribution in [3.05, 3.63) is 35.4 Å². The van der Waals surface area contributed by atoms with Crippen LogP contribution in [0.1, 0.15) is 29.8 Å². The van der Waals surface area contributed by atoms with Crippen LogP contribution in [0.5, 0.6) is 0 Å². The quantitative estimate of drug-likeness (QED) is 0.841. The van der Waals surface area contributed by atoms with E-state index in [9.17, 15) is 18.0 Å². The summed E-state index contributed by atoms with van der Waals surface area (Å²) in [5, 5.41) is 2.60. The van der Waals surface area contributed by atoms with E-state index in [1.54, 1.807) is 0 Å². The van der Waals surface area contributed by atoms with Crippen molar-refractivity contribution in [3.8, 4) is 0 Å². The average Bonchev–Trinajstić information content (AvgIpc) is 2.34. The molecule has 1 aromatic rings. The van der Waals surface area contributed by atoms with E-state index in [1.807, 2.05) is 13.8 Å². The molecule has 0 radical (unpaired) electrons. The van der Waals surface area contributed by atoms with E-state index in [4.69, 9.17) is 18.0 Å². The number of thiocarbonyl (C=S) groups is 1. The Balaban J connectivity index is 2.85. The maximum absolute atomic E-state index is 12.4. The number of nitrogens with one attached hydrogen (secondary N) is 1. The van der Waals surface area contributed by atoms with Crippen LogP contribution in [0.2, 0.25) is 0 Å². The molecule has 110 valence electrons. The molecule has 0 aliphatic heterocycles. The molecule has 3 nitrogen and oxygen atoms in total. The van der Waals surface area contributed by atoms with Crippen LogP contribution in [0.4, 0.5) is 13.2 Å². The van der Waals surface area contributed by atoms with Crippen molar-refractivity contribution in [2.24, 2.45) is 11.7 Å². The first-order chi connectivity index (χ1) is 9.12. The molecular formula is C13H15F3N2OS. The molecule has 0 aliphatic rings. The predicted molar refractivity (Wildman–Crippen MR) is 74.3 cm³/mol. The van der Waals surface area contributed by atoms with Gasteiger partial charge in [0.05, 0.1) is 16.6 Å². The molecule has 1 amide bonds. The fraction of sp³-hybridized carbons (Fsp3) is 0.385. The second kappa shape index (κ2) is 6.21. The van der Waals surface area contributed by atoms with Crippen LogP contribution < -0.4 is 11.1 Å². The highest BCUT2D eigenvalue weighted by molar-refractivity contribution is 7.80. The van der Waals surface area contributed by atoms with Crippen molar-refractivity contribution < 1.29 is 18.0 Å². The number of halogens is 3. The van der Waals surface area contributed by atoms with Gasteiger partial charge in [-0.3, -0.25) is 4.79 Å². The molecule has 3 N–H and O–H groups in total. The van der Waals surface area contributed by atoms with E-state index in [0.29, 0.717) is 0 Å². The van der Waals surface area contributed by atoms with E-state index in [1.165, 1.54) is 0 Å². The van der Waals surface area contributed by atoms with Gasteiger partial charge >= 0.3 is 6.18 Å². The zero-order valence-electron chi connectivity index (χ0n) is 11.0. The molecule has 0 fully saturated rings. The third-order valence-electron chi connectivity index (χ3n) is 2.73. The molecule has 7 heteroatoms. The van der Waals surface area contributed by atoms with Crippen LogP contribution in [0.3, 0.4) is 0 Å². The second-order valence-electron chi connectivity index (χ2n) is 4.67. The van der Waals surface area contributed by atoms with Gasteiger partial charge in [-0.1, -0.05) is 26.1 Å². The Kier molecular flexibility index (Phi) is 5.10. The molecule has 0 saturated carbocycles. The van der Waals surface area contributed by atoms with E-state index in [-0.39, 0.29) is 16.5 Å². The highest BCUT2D eigenvalue weighted by atomic mass is 32.1. The highest BCUT2D eigenvalue weighted by Gasteiger charge is 2.30. The fourth-order valence-electron chi connectivity index (χ4n) is 1.60. The van der Waals surface area contributed by atoms with E-state index < -0.39 is 23.7 Å². The SMILES string of the molecule is CC(C)C(NC(=O)c1ccc(C(F)(F)F)cc1)C(N)=S. The maximum atomic E-state index is 12.4. The largest absolute Gasteiger partial charge is 0.416 e. The molecule has 0 bridgehead atoms. The Morgan fingerprint density at radius 3 is 2.10 bits per heavy atom. The number of amides is 1. The number of benzene rings is 1. The maximum Gasteiger partial charge on any atom is 0.416 e. The van der Waals surface area contributed by atoms with Crippen LogP contribution in [-0.4, -0.2) is 16.9 Å². The van der Waals surface area contributed by atoms with Gasteiger partial charge in [0.25, 0.3) is 5.91 Å². The summed E-state index contributed by atoms with van der Waals surface area (Å²) < 4.78 is 37.2. The van der Waals surface area contributed by atoms with Gasteiger partial charge in [0.2, 0.25) is 0 Å². The monoisotopic (exact) mass is 304 g/mol. The van der Waals surface area contributed by atoms with Gasteiger partial charge in [-0.25, -0.2) is 0 Å². The van der Waals surface area contributed by atoms with Crippen LogP contribution in [0.15, 0.2) is 24.3 Å². The molecule has 1 rings (SSSR count). The first-order valence-electron chi connectivity index (χ1n) is 5.90. The topological polar surface area (TPSA) is 55.1 Å². The van der Waals surface area contributed by atoms with Crippen molar-refractivity contribution in [2.75, 3.05) is 0 Å². The van der Waals surface area contributed by atoms with Crippen molar-refractivity contribution >= 4 is 23.1 Å². The zero-order valence-corrected chi connectivity index (χ0v) is 11.8. The molecule has 20 heavy (non-hydrogen) atoms. The number of rotatable bonds is 4. The highest BCUT2D eigenvalue weighted by Crippen LogP contribution is 2.29. The lowest BCUT2D eigenvalue weighted by atomic mass is 10.0. The molecule has 0 spiro atoms. The Hall–Kier alpha value is -1.63. The van der Waals surface area contributed by atoms with Crippen LogP contribution in [0.25, 0.3) is 0 Å². The summed E-state index contributed by atoms with van der Waals surface area (Å²) in [5.74, 6) is -0.517. The molecule has 0 aliphatic carbocycles. The van der Waals surface area contributed by atoms with E-state index in [0.717, 1.165) is 24.3 Å². The molecule has 1 atom stereocenters. The van der Waals surface area contributed by atoms with Crippen LogP contribution in [-0.2, 0) is 6.18 Å². The van der Waals surface area contributed by atoms with Gasteiger partial charge in [-0.15, -0.1) is 0 Å². The van der Waals surface area contributed by atoms with Crippen LogP contribution >= 0.6 is 12.2 Å². The van der Waals surface area contributed by atoms with Gasteiger partial charge in [0.15, 0.2) is 0 Å². The minimum absolute atomic E-state index is 0.00843. The summed E-state index contributed by atoms with van der Waals surface area (Å²) in [6.45, 7) is 3.66. The summed E-state index contributed by atoms with van der Waals surface area (Å²) >= 11 is 4.85. The van der Waals surface area contributed by atoms with Gasteiger partial charge in [0.1, 0.15) is 0 Å². The molecular weight excluding hydrogens is 289 g/mol. The van der Waals surface area contributed by atoms with Crippen LogP contribution in [0, 0.1) is 5.92 Å². The lowest BCUT2D eigenvalue weighted by molar-refractivity contribution is -0.137. The number of nitrogens with two attached hydrogens (primary N) is 1. The van der Waals surface area contributed by atoms with Gasteiger partial charge in [0, 0.05) is 5.56 Å². The first-order valence-corrected chi connectivity index (χ1v) is 6.31. The number of carbonyl (C=O) groups is 1. The summed E-state index contributed by atoms with van der Waals surface area (Å²) in [4.78, 5) is 12.1. The molecule has 1 aromatic carbocycles. The van der Waals surface area contributed by atoms with Gasteiger partial charge < -0.3 is 11.1 Å². The zero-order chi connectivity index (χ0) is 15.5. The number of hydrogen-bond donors (Lipinski definition) is 2. The standard InChI is InChI=1S/C13H15F3N2OS/c1-7(2)10(11(17)20)18-12(19)8-3-5-9(6-4-8)13(14,15)16/h3-7,10H,1-2H3,(H2,17,20)(H,18,19). The third kappa shape index (κ3) is 4.19. The Bertz CT molecular complexity index is 497. The summed E-state index contributed by atoms with van der Waals surface area (Å²) in [7, 11) is 0. The minimum atomic E-state index is -4.42. The molecule has 0 aromatic heterocycles. The minimum Gasteiger partial charge on any atom is -0.392 e. The number of hydrogen-bond acceptors (Lipinski definition) is 2. The Morgan fingerprint density at radius 1 is 1.25 bits per heavy atom. The van der Waals surface area contributed by atoms with Crippen molar-refractivity contribution in [1.29, 1.82) is 0 Å². The molecule has 0 saturated heterocycles. The Morgan fingerprint density at radius 2 is 1.75 bits per heavy atom.